The summed E-state index contributed by atoms with van der Waals surface area (Å²) in [6.07, 6.45) is 1.33. The van der Waals surface area contributed by atoms with E-state index in [1.54, 1.807) is 11.8 Å². The van der Waals surface area contributed by atoms with E-state index in [1.165, 1.54) is 6.39 Å². The topological polar surface area (TPSA) is 66.6 Å². The zero-order chi connectivity index (χ0) is 14.1. The Morgan fingerprint density at radius 2 is 2.00 bits per heavy atom. The van der Waals surface area contributed by atoms with Gasteiger partial charge in [0.1, 0.15) is 11.5 Å². The van der Waals surface area contributed by atoms with Crippen LogP contribution in [-0.4, -0.2) is 34.0 Å². The van der Waals surface area contributed by atoms with Crippen LogP contribution in [0.3, 0.4) is 0 Å². The quantitative estimate of drug-likeness (QED) is 0.880. The summed E-state index contributed by atoms with van der Waals surface area (Å²) in [4.78, 5) is 16.5. The number of hydrogen-bond donors (Lipinski definition) is 1. The van der Waals surface area contributed by atoms with Crippen molar-refractivity contribution in [2.75, 3.05) is 13.1 Å². The molecule has 0 spiro atoms. The van der Waals surface area contributed by atoms with E-state index < -0.39 is 0 Å². The smallest absolute Gasteiger partial charge is 0.219 e. The maximum absolute atomic E-state index is 10.9. The first-order chi connectivity index (χ1) is 8.72. The van der Waals surface area contributed by atoms with Gasteiger partial charge in [-0.05, 0) is 0 Å². The first-order valence-electron chi connectivity index (χ1n) is 6.51. The Bertz CT molecular complexity index is 344. The van der Waals surface area contributed by atoms with Gasteiger partial charge < -0.3 is 14.4 Å². The monoisotopic (exact) mass is 256 g/mol. The highest BCUT2D eigenvalue weighted by atomic mass is 16.3. The molecule has 0 unspecified atom stereocenters. The van der Waals surface area contributed by atoms with E-state index in [4.69, 9.17) is 9.52 Å². The summed E-state index contributed by atoms with van der Waals surface area (Å²) in [7, 11) is 0. The van der Waals surface area contributed by atoms with Gasteiger partial charge in [-0.1, -0.05) is 27.7 Å². The fraction of sp³-hybridized carbons (Fsp3) is 0.692. The molecule has 104 valence electrons. The first kappa shape index (κ1) is 16.6. The Morgan fingerprint density at radius 3 is 2.44 bits per heavy atom. The highest BCUT2D eigenvalue weighted by molar-refractivity contribution is 5.74. The fourth-order valence-corrected chi connectivity index (χ4v) is 1.63. The molecule has 0 atom stereocenters. The molecule has 1 N–H and O–H groups in total. The van der Waals surface area contributed by atoms with Gasteiger partial charge in [0.25, 0.3) is 0 Å². The zero-order valence-electron chi connectivity index (χ0n) is 11.9. The van der Waals surface area contributed by atoms with Gasteiger partial charge in [0.05, 0.1) is 12.5 Å². The highest BCUT2D eigenvalue weighted by Gasteiger charge is 2.33. The minimum Gasteiger partial charge on any atom is -0.448 e. The van der Waals surface area contributed by atoms with Gasteiger partial charge in [-0.15, -0.1) is 0 Å². The van der Waals surface area contributed by atoms with E-state index in [0.717, 1.165) is 0 Å². The molecular weight excluding hydrogens is 232 g/mol. The Labute approximate surface area is 109 Å². The van der Waals surface area contributed by atoms with Crippen molar-refractivity contribution in [3.05, 3.63) is 17.8 Å². The maximum Gasteiger partial charge on any atom is 0.219 e. The van der Waals surface area contributed by atoms with Crippen molar-refractivity contribution in [1.82, 2.24) is 9.88 Å². The van der Waals surface area contributed by atoms with Crippen molar-refractivity contribution in [3.63, 3.8) is 0 Å². The van der Waals surface area contributed by atoms with Gasteiger partial charge in [0.15, 0.2) is 6.39 Å². The van der Waals surface area contributed by atoms with Crippen molar-refractivity contribution in [3.8, 4) is 0 Å². The number of rotatable bonds is 2. The van der Waals surface area contributed by atoms with Crippen LogP contribution in [0.4, 0.5) is 0 Å². The number of aromatic nitrogens is 1. The molecule has 1 saturated heterocycles. The predicted octanol–water partition coefficient (Wildman–Crippen LogP) is 2.17. The second kappa shape index (κ2) is 8.69. The molecule has 5 nitrogen and oxygen atoms in total. The van der Waals surface area contributed by atoms with Gasteiger partial charge in [0, 0.05) is 20.0 Å². The number of aliphatic hydroxyl groups excluding tert-OH is 1. The number of carbonyl (C=O) groups excluding carboxylic acids is 1. The Hall–Kier alpha value is -1.36. The second-order valence-electron chi connectivity index (χ2n) is 3.44. The molecule has 0 aromatic carbocycles. The van der Waals surface area contributed by atoms with Gasteiger partial charge in [-0.25, -0.2) is 4.98 Å². The SMILES string of the molecule is CC.CC.CC(=O)N1CC(c2ocnc2CO)C1. The molecule has 1 aromatic rings. The van der Waals surface area contributed by atoms with Crippen LogP contribution in [-0.2, 0) is 11.4 Å². The maximum atomic E-state index is 10.9. The molecule has 1 aromatic heterocycles. The first-order valence-corrected chi connectivity index (χ1v) is 6.51. The molecule has 0 saturated carbocycles. The predicted molar refractivity (Wildman–Crippen MR) is 70.1 cm³/mol. The number of aliphatic hydroxyl groups is 1. The number of likely N-dealkylation sites (tertiary alicyclic amines) is 1. The molecule has 0 bridgehead atoms. The van der Waals surface area contributed by atoms with E-state index in [2.05, 4.69) is 4.98 Å². The summed E-state index contributed by atoms with van der Waals surface area (Å²) in [5.74, 6) is 0.986. The molecule has 5 heteroatoms. The third kappa shape index (κ3) is 3.84. The van der Waals surface area contributed by atoms with E-state index in [9.17, 15) is 4.79 Å². The molecule has 0 aliphatic carbocycles. The molecule has 2 rings (SSSR count). The van der Waals surface area contributed by atoms with Crippen molar-refractivity contribution >= 4 is 5.91 Å². The number of nitrogens with zero attached hydrogens (tertiary/aromatic N) is 2. The molecule has 2 heterocycles. The Morgan fingerprint density at radius 1 is 1.44 bits per heavy atom. The van der Waals surface area contributed by atoms with Gasteiger partial charge in [-0.2, -0.15) is 0 Å². The Balaban J connectivity index is 0.000000659. The lowest BCUT2D eigenvalue weighted by Crippen LogP contribution is -2.47. The van der Waals surface area contributed by atoms with E-state index in [1.807, 2.05) is 27.7 Å². The number of carbonyl (C=O) groups is 1. The van der Waals surface area contributed by atoms with Gasteiger partial charge >= 0.3 is 0 Å². The zero-order valence-corrected chi connectivity index (χ0v) is 11.9. The standard InChI is InChI=1S/C9H12N2O3.2C2H6/c1-6(13)11-2-7(3-11)9-8(4-12)10-5-14-9;2*1-2/h5,7,12H,2-4H2,1H3;2*1-2H3. The lowest BCUT2D eigenvalue weighted by atomic mass is 9.96. The fourth-order valence-electron chi connectivity index (χ4n) is 1.63. The summed E-state index contributed by atoms with van der Waals surface area (Å²) in [5, 5.41) is 8.95. The lowest BCUT2D eigenvalue weighted by Gasteiger charge is -2.37. The van der Waals surface area contributed by atoms with Crippen LogP contribution in [0.1, 0.15) is 52.0 Å². The Kier molecular flexibility index (Phi) is 8.03. The average Bonchev–Trinajstić information content (AvgIpc) is 2.80. The van der Waals surface area contributed by atoms with Crippen molar-refractivity contribution < 1.29 is 14.3 Å². The van der Waals surface area contributed by atoms with Crippen LogP contribution in [0.2, 0.25) is 0 Å². The van der Waals surface area contributed by atoms with Crippen LogP contribution >= 0.6 is 0 Å². The normalized spacial score (nSPS) is 13.8. The van der Waals surface area contributed by atoms with E-state index in [-0.39, 0.29) is 18.4 Å². The molecule has 0 radical (unpaired) electrons. The summed E-state index contributed by atoms with van der Waals surface area (Å²) < 4.78 is 5.18. The third-order valence-electron chi connectivity index (χ3n) is 2.52. The molecular formula is C13H24N2O3. The average molecular weight is 256 g/mol. The number of hydrogen-bond acceptors (Lipinski definition) is 4. The molecule has 1 aliphatic heterocycles. The highest BCUT2D eigenvalue weighted by Crippen LogP contribution is 2.28. The van der Waals surface area contributed by atoms with Crippen molar-refractivity contribution in [2.45, 2.75) is 47.1 Å². The van der Waals surface area contributed by atoms with Crippen molar-refractivity contribution in [1.29, 1.82) is 0 Å². The molecule has 1 fully saturated rings. The molecule has 18 heavy (non-hydrogen) atoms. The van der Waals surface area contributed by atoms with Crippen LogP contribution in [0.15, 0.2) is 10.8 Å². The summed E-state index contributed by atoms with van der Waals surface area (Å²) in [5.41, 5.74) is 0.582. The lowest BCUT2D eigenvalue weighted by molar-refractivity contribution is -0.133. The van der Waals surface area contributed by atoms with Crippen LogP contribution in [0.5, 0.6) is 0 Å². The van der Waals surface area contributed by atoms with Crippen LogP contribution < -0.4 is 0 Å². The largest absolute Gasteiger partial charge is 0.448 e. The van der Waals surface area contributed by atoms with E-state index in [0.29, 0.717) is 24.5 Å². The van der Waals surface area contributed by atoms with Crippen LogP contribution in [0.25, 0.3) is 0 Å². The molecule has 1 amide bonds. The molecule has 1 aliphatic rings. The minimum atomic E-state index is -0.109. The minimum absolute atomic E-state index is 0.0753. The summed E-state index contributed by atoms with van der Waals surface area (Å²) in [6.45, 7) is 10.8. The summed E-state index contributed by atoms with van der Waals surface area (Å²) >= 11 is 0. The van der Waals surface area contributed by atoms with E-state index >= 15 is 0 Å². The number of oxazole rings is 1. The second-order valence-corrected chi connectivity index (χ2v) is 3.44. The summed E-state index contributed by atoms with van der Waals surface area (Å²) in [6, 6.07) is 0. The van der Waals surface area contributed by atoms with Gasteiger partial charge in [-0.3, -0.25) is 4.79 Å². The third-order valence-corrected chi connectivity index (χ3v) is 2.52. The van der Waals surface area contributed by atoms with Crippen LogP contribution in [0, 0.1) is 0 Å². The van der Waals surface area contributed by atoms with Crippen molar-refractivity contribution in [2.24, 2.45) is 0 Å². The van der Waals surface area contributed by atoms with Gasteiger partial charge in [0.2, 0.25) is 5.91 Å². The number of amides is 1.